The molecule has 0 fully saturated rings. The monoisotopic (exact) mass is 519 g/mol. The quantitative estimate of drug-likeness (QED) is 0.291. The van der Waals surface area contributed by atoms with E-state index in [9.17, 15) is 19.1 Å². The SMILES string of the molecule is CNC(=O)c1cc(Oc2ccc(NC(=O)Nc3cc(C(C)(C)C)nn3-c3ccc(O)nc3)c(F)c2)ccn1. The zero-order valence-corrected chi connectivity index (χ0v) is 21.1. The van der Waals surface area contributed by atoms with Crippen LogP contribution in [0, 0.1) is 5.82 Å². The van der Waals surface area contributed by atoms with Gasteiger partial charge in [0.1, 0.15) is 28.8 Å². The molecular weight excluding hydrogens is 493 g/mol. The van der Waals surface area contributed by atoms with Crippen LogP contribution >= 0.6 is 0 Å². The minimum absolute atomic E-state index is 0.0796. The van der Waals surface area contributed by atoms with Crippen LogP contribution in [-0.2, 0) is 5.41 Å². The van der Waals surface area contributed by atoms with E-state index < -0.39 is 11.8 Å². The van der Waals surface area contributed by atoms with Crippen molar-refractivity contribution in [2.75, 3.05) is 17.7 Å². The van der Waals surface area contributed by atoms with E-state index >= 15 is 0 Å². The lowest BCUT2D eigenvalue weighted by atomic mass is 9.92. The number of hydrogen-bond acceptors (Lipinski definition) is 7. The molecule has 4 rings (SSSR count). The van der Waals surface area contributed by atoms with Crippen LogP contribution in [0.15, 0.2) is 60.9 Å². The Hall–Kier alpha value is -5.00. The van der Waals surface area contributed by atoms with Crippen LogP contribution in [0.3, 0.4) is 0 Å². The van der Waals surface area contributed by atoms with Gasteiger partial charge in [0.05, 0.1) is 23.3 Å². The third-order valence-electron chi connectivity index (χ3n) is 5.31. The van der Waals surface area contributed by atoms with Crippen LogP contribution in [0.5, 0.6) is 17.4 Å². The number of ether oxygens (including phenoxy) is 1. The molecule has 0 unspecified atom stereocenters. The fourth-order valence-corrected chi connectivity index (χ4v) is 3.33. The first-order valence-electron chi connectivity index (χ1n) is 11.5. The molecular formula is C26H26FN7O4. The highest BCUT2D eigenvalue weighted by atomic mass is 19.1. The Labute approximate surface area is 217 Å². The maximum absolute atomic E-state index is 14.8. The zero-order chi connectivity index (χ0) is 27.4. The van der Waals surface area contributed by atoms with Crippen molar-refractivity contribution in [1.82, 2.24) is 25.1 Å². The first-order valence-corrected chi connectivity index (χ1v) is 11.5. The van der Waals surface area contributed by atoms with Gasteiger partial charge in [-0.3, -0.25) is 15.1 Å². The summed E-state index contributed by atoms with van der Waals surface area (Å²) in [5, 5.41) is 21.7. The fraction of sp³-hybridized carbons (Fsp3) is 0.192. The van der Waals surface area contributed by atoms with Crippen LogP contribution in [0.1, 0.15) is 37.0 Å². The largest absolute Gasteiger partial charge is 0.493 e. The predicted octanol–water partition coefficient (Wildman–Crippen LogP) is 4.60. The number of rotatable bonds is 6. The average molecular weight is 520 g/mol. The predicted molar refractivity (Wildman–Crippen MR) is 138 cm³/mol. The van der Waals surface area contributed by atoms with Gasteiger partial charge < -0.3 is 20.5 Å². The summed E-state index contributed by atoms with van der Waals surface area (Å²) in [7, 11) is 1.48. The highest BCUT2D eigenvalue weighted by molar-refractivity contribution is 5.99. The van der Waals surface area contributed by atoms with Crippen LogP contribution in [0.25, 0.3) is 5.69 Å². The van der Waals surface area contributed by atoms with Crippen molar-refractivity contribution >= 4 is 23.4 Å². The van der Waals surface area contributed by atoms with Crippen LogP contribution < -0.4 is 20.7 Å². The first-order chi connectivity index (χ1) is 18.0. The van der Waals surface area contributed by atoms with Crippen LogP contribution in [-0.4, -0.2) is 43.8 Å². The van der Waals surface area contributed by atoms with Gasteiger partial charge >= 0.3 is 6.03 Å². The molecule has 0 saturated carbocycles. The Morgan fingerprint density at radius 3 is 2.42 bits per heavy atom. The van der Waals surface area contributed by atoms with Gasteiger partial charge in [-0.1, -0.05) is 20.8 Å². The Balaban J connectivity index is 1.50. The molecule has 0 saturated heterocycles. The highest BCUT2D eigenvalue weighted by Gasteiger charge is 2.22. The number of anilines is 2. The van der Waals surface area contributed by atoms with Crippen molar-refractivity contribution in [2.24, 2.45) is 0 Å². The van der Waals surface area contributed by atoms with E-state index in [2.05, 4.69) is 31.0 Å². The van der Waals surface area contributed by atoms with Crippen LogP contribution in [0.2, 0.25) is 0 Å². The van der Waals surface area contributed by atoms with E-state index in [4.69, 9.17) is 4.74 Å². The van der Waals surface area contributed by atoms with Gasteiger partial charge in [-0.2, -0.15) is 5.10 Å². The molecule has 3 heterocycles. The van der Waals surface area contributed by atoms with Gasteiger partial charge in [0, 0.05) is 42.9 Å². The van der Waals surface area contributed by atoms with E-state index in [1.54, 1.807) is 12.1 Å². The second-order valence-electron chi connectivity index (χ2n) is 9.23. The molecule has 0 aliphatic heterocycles. The summed E-state index contributed by atoms with van der Waals surface area (Å²) in [4.78, 5) is 32.4. The molecule has 0 radical (unpaired) electrons. The number of halogens is 1. The molecule has 11 nitrogen and oxygen atoms in total. The number of nitrogens with zero attached hydrogens (tertiary/aromatic N) is 4. The summed E-state index contributed by atoms with van der Waals surface area (Å²) < 4.78 is 21.9. The topological polar surface area (TPSA) is 143 Å². The van der Waals surface area contributed by atoms with E-state index in [0.717, 1.165) is 6.07 Å². The van der Waals surface area contributed by atoms with Gasteiger partial charge in [0.2, 0.25) is 5.88 Å². The van der Waals surface area contributed by atoms with Gasteiger partial charge in [0.25, 0.3) is 5.91 Å². The average Bonchev–Trinajstić information content (AvgIpc) is 3.30. The Morgan fingerprint density at radius 1 is 1.00 bits per heavy atom. The molecule has 12 heteroatoms. The summed E-state index contributed by atoms with van der Waals surface area (Å²) in [5.74, 6) is -0.485. The summed E-state index contributed by atoms with van der Waals surface area (Å²) in [6.07, 6.45) is 2.82. The van der Waals surface area contributed by atoms with Gasteiger partial charge in [-0.15, -0.1) is 0 Å². The standard InChI is InChI=1S/C26H26FN7O4/c1-26(2,3)21-13-22(34(33-21)15-5-8-23(35)30-14-15)32-25(37)31-19-7-6-16(11-18(19)27)38-17-9-10-29-20(12-17)24(36)28-4/h5-14H,1-4H3,(H,28,36)(H,30,35)(H2,31,32,37). The lowest BCUT2D eigenvalue weighted by molar-refractivity contribution is 0.0957. The zero-order valence-electron chi connectivity index (χ0n) is 21.1. The number of benzene rings is 1. The number of hydrogen-bond donors (Lipinski definition) is 4. The smallest absolute Gasteiger partial charge is 0.324 e. The second kappa shape index (κ2) is 10.5. The lowest BCUT2D eigenvalue weighted by Gasteiger charge is -2.14. The number of amides is 3. The second-order valence-corrected chi connectivity index (χ2v) is 9.23. The lowest BCUT2D eigenvalue weighted by Crippen LogP contribution is -2.22. The van der Waals surface area contributed by atoms with Crippen molar-refractivity contribution in [1.29, 1.82) is 0 Å². The number of carbonyl (C=O) groups is 2. The number of aromatic nitrogens is 4. The Morgan fingerprint density at radius 2 is 1.76 bits per heavy atom. The normalized spacial score (nSPS) is 11.1. The third kappa shape index (κ3) is 6.03. The Bertz CT molecular complexity index is 1480. The minimum atomic E-state index is -0.732. The molecule has 4 N–H and O–H groups in total. The summed E-state index contributed by atoms with van der Waals surface area (Å²) >= 11 is 0. The molecule has 3 amide bonds. The molecule has 3 aromatic heterocycles. The maximum Gasteiger partial charge on any atom is 0.324 e. The molecule has 0 atom stereocenters. The van der Waals surface area contributed by atoms with E-state index in [-0.39, 0.29) is 34.3 Å². The molecule has 0 bridgehead atoms. The molecule has 1 aromatic carbocycles. The van der Waals surface area contributed by atoms with Gasteiger partial charge in [-0.25, -0.2) is 18.9 Å². The fourth-order valence-electron chi connectivity index (χ4n) is 3.33. The molecule has 0 aliphatic carbocycles. The number of pyridine rings is 2. The summed E-state index contributed by atoms with van der Waals surface area (Å²) in [6, 6.07) is 10.9. The highest BCUT2D eigenvalue weighted by Crippen LogP contribution is 2.28. The number of aromatic hydroxyl groups is 1. The summed E-state index contributed by atoms with van der Waals surface area (Å²) in [6.45, 7) is 5.93. The molecule has 4 aromatic rings. The van der Waals surface area contributed by atoms with Gasteiger partial charge in [-0.05, 0) is 24.3 Å². The number of urea groups is 1. The molecule has 196 valence electrons. The van der Waals surface area contributed by atoms with E-state index in [0.29, 0.717) is 22.9 Å². The van der Waals surface area contributed by atoms with E-state index in [1.807, 2.05) is 20.8 Å². The molecule has 0 spiro atoms. The van der Waals surface area contributed by atoms with Crippen LogP contribution in [0.4, 0.5) is 20.7 Å². The van der Waals surface area contributed by atoms with Crippen molar-refractivity contribution in [3.63, 3.8) is 0 Å². The minimum Gasteiger partial charge on any atom is -0.493 e. The maximum atomic E-state index is 14.8. The molecule has 0 aliphatic rings. The van der Waals surface area contributed by atoms with Crippen molar-refractivity contribution in [3.05, 3.63) is 78.1 Å². The van der Waals surface area contributed by atoms with Crippen molar-refractivity contribution < 1.29 is 23.8 Å². The van der Waals surface area contributed by atoms with Crippen molar-refractivity contribution in [3.8, 4) is 23.1 Å². The summed E-state index contributed by atoms with van der Waals surface area (Å²) in [5.41, 5.74) is 0.961. The van der Waals surface area contributed by atoms with E-state index in [1.165, 1.54) is 54.5 Å². The van der Waals surface area contributed by atoms with Gasteiger partial charge in [0.15, 0.2) is 0 Å². The van der Waals surface area contributed by atoms with Crippen molar-refractivity contribution in [2.45, 2.75) is 26.2 Å². The number of nitrogens with one attached hydrogen (secondary N) is 3. The third-order valence-corrected chi connectivity index (χ3v) is 5.31. The number of carbonyl (C=O) groups excluding carboxylic acids is 2. The molecule has 38 heavy (non-hydrogen) atoms. The Kier molecular flexibility index (Phi) is 7.24. The first kappa shape index (κ1) is 26.1.